The number of hydrogen-bond donors (Lipinski definition) is 0. The molecule has 1 aromatic carbocycles. The maximum absolute atomic E-state index is 13.4. The number of para-hydroxylation sites is 1. The first-order valence-corrected chi connectivity index (χ1v) is 11.5. The summed E-state index contributed by atoms with van der Waals surface area (Å²) in [5.41, 5.74) is 2.17. The van der Waals surface area contributed by atoms with Gasteiger partial charge in [0, 0.05) is 32.8 Å². The monoisotopic (exact) mass is 436 g/mol. The van der Waals surface area contributed by atoms with E-state index in [4.69, 9.17) is 9.84 Å². The zero-order chi connectivity index (χ0) is 21.2. The van der Waals surface area contributed by atoms with Crippen molar-refractivity contribution in [2.24, 2.45) is 0 Å². The van der Waals surface area contributed by atoms with E-state index in [9.17, 15) is 9.59 Å². The summed E-state index contributed by atoms with van der Waals surface area (Å²) in [6.07, 6.45) is 1.42. The molecule has 2 aliphatic heterocycles. The number of carbonyl (C=O) groups excluding carboxylic acids is 2. The zero-order valence-electron chi connectivity index (χ0n) is 17.1. The Morgan fingerprint density at radius 2 is 1.77 bits per heavy atom. The molecule has 2 saturated heterocycles. The Hall–Kier alpha value is -2.97. The molecule has 8 heteroatoms. The summed E-state index contributed by atoms with van der Waals surface area (Å²) in [5.74, 6) is -0.0118. The molecule has 0 unspecified atom stereocenters. The van der Waals surface area contributed by atoms with Crippen molar-refractivity contribution in [3.05, 3.63) is 59.6 Å². The Bertz CT molecular complexity index is 1050. The first kappa shape index (κ1) is 20.0. The van der Waals surface area contributed by atoms with Crippen LogP contribution in [0.2, 0.25) is 0 Å². The highest BCUT2D eigenvalue weighted by molar-refractivity contribution is 7.13. The minimum atomic E-state index is -0.310. The molecule has 160 valence electrons. The van der Waals surface area contributed by atoms with E-state index >= 15 is 0 Å². The lowest BCUT2D eigenvalue weighted by molar-refractivity contribution is -0.142. The number of rotatable bonds is 4. The summed E-state index contributed by atoms with van der Waals surface area (Å²) in [7, 11) is 0. The third-order valence-electron chi connectivity index (χ3n) is 5.79. The number of thiophene rings is 1. The molecule has 5 rings (SSSR count). The van der Waals surface area contributed by atoms with Gasteiger partial charge in [-0.3, -0.25) is 9.59 Å². The molecule has 31 heavy (non-hydrogen) atoms. The molecule has 2 aromatic heterocycles. The summed E-state index contributed by atoms with van der Waals surface area (Å²) in [6.45, 7) is 2.73. The van der Waals surface area contributed by atoms with Crippen molar-refractivity contribution in [3.63, 3.8) is 0 Å². The largest absolute Gasteiger partial charge is 0.368 e. The van der Waals surface area contributed by atoms with Crippen LogP contribution in [0.4, 0.5) is 0 Å². The van der Waals surface area contributed by atoms with E-state index < -0.39 is 0 Å². The van der Waals surface area contributed by atoms with Gasteiger partial charge < -0.3 is 14.5 Å². The van der Waals surface area contributed by atoms with Gasteiger partial charge in [-0.15, -0.1) is 11.3 Å². The molecule has 4 heterocycles. The van der Waals surface area contributed by atoms with Crippen LogP contribution in [0, 0.1) is 0 Å². The van der Waals surface area contributed by atoms with E-state index in [-0.39, 0.29) is 17.9 Å². The Morgan fingerprint density at radius 3 is 2.45 bits per heavy atom. The van der Waals surface area contributed by atoms with Crippen LogP contribution in [-0.2, 0) is 9.53 Å². The van der Waals surface area contributed by atoms with E-state index in [1.165, 1.54) is 0 Å². The smallest absolute Gasteiger partial charge is 0.272 e. The van der Waals surface area contributed by atoms with Crippen LogP contribution in [0.1, 0.15) is 23.3 Å². The van der Waals surface area contributed by atoms with Crippen molar-refractivity contribution >= 4 is 23.2 Å². The molecule has 0 saturated carbocycles. The van der Waals surface area contributed by atoms with E-state index in [1.807, 2.05) is 63.7 Å². The fourth-order valence-corrected chi connectivity index (χ4v) is 4.79. The molecule has 3 aromatic rings. The summed E-state index contributed by atoms with van der Waals surface area (Å²) < 4.78 is 7.26. The van der Waals surface area contributed by atoms with Gasteiger partial charge in [-0.2, -0.15) is 5.10 Å². The van der Waals surface area contributed by atoms with Gasteiger partial charge in [-0.1, -0.05) is 24.3 Å². The average molecular weight is 437 g/mol. The van der Waals surface area contributed by atoms with Gasteiger partial charge in [-0.05, 0) is 42.5 Å². The van der Waals surface area contributed by atoms with Crippen molar-refractivity contribution in [2.75, 3.05) is 32.8 Å². The fourth-order valence-electron chi connectivity index (χ4n) is 4.11. The maximum Gasteiger partial charge on any atom is 0.272 e. The number of aromatic nitrogens is 2. The van der Waals surface area contributed by atoms with Crippen molar-refractivity contribution in [1.82, 2.24) is 19.6 Å². The van der Waals surface area contributed by atoms with Gasteiger partial charge in [0.1, 0.15) is 17.5 Å². The maximum atomic E-state index is 13.4. The summed E-state index contributed by atoms with van der Waals surface area (Å²) >= 11 is 1.60. The summed E-state index contributed by atoms with van der Waals surface area (Å²) in [6, 6.07) is 15.6. The van der Waals surface area contributed by atoms with Crippen molar-refractivity contribution in [2.45, 2.75) is 18.9 Å². The lowest BCUT2D eigenvalue weighted by Crippen LogP contribution is -2.53. The van der Waals surface area contributed by atoms with Crippen molar-refractivity contribution < 1.29 is 14.3 Å². The number of ether oxygens (including phenoxy) is 1. The van der Waals surface area contributed by atoms with Gasteiger partial charge in [0.25, 0.3) is 11.8 Å². The lowest BCUT2D eigenvalue weighted by Gasteiger charge is -2.35. The topological polar surface area (TPSA) is 67.7 Å². The molecule has 2 aliphatic rings. The molecule has 0 bridgehead atoms. The van der Waals surface area contributed by atoms with Crippen LogP contribution >= 0.6 is 11.3 Å². The van der Waals surface area contributed by atoms with Crippen molar-refractivity contribution in [1.29, 1.82) is 0 Å². The third kappa shape index (κ3) is 4.00. The quantitative estimate of drug-likeness (QED) is 0.630. The second-order valence-corrected chi connectivity index (χ2v) is 8.71. The highest BCUT2D eigenvalue weighted by Gasteiger charge is 2.32. The predicted molar refractivity (Wildman–Crippen MR) is 118 cm³/mol. The predicted octanol–water partition coefficient (Wildman–Crippen LogP) is 3.06. The molecule has 0 N–H and O–H groups in total. The van der Waals surface area contributed by atoms with Crippen molar-refractivity contribution in [3.8, 4) is 16.3 Å². The second kappa shape index (κ2) is 8.64. The van der Waals surface area contributed by atoms with Gasteiger partial charge >= 0.3 is 0 Å². The Balaban J connectivity index is 1.36. The van der Waals surface area contributed by atoms with Gasteiger partial charge in [0.05, 0.1) is 10.6 Å². The van der Waals surface area contributed by atoms with Crippen LogP contribution in [0.25, 0.3) is 16.3 Å². The van der Waals surface area contributed by atoms with Gasteiger partial charge in [0.15, 0.2) is 0 Å². The van der Waals surface area contributed by atoms with Crippen LogP contribution in [0.3, 0.4) is 0 Å². The van der Waals surface area contributed by atoms with E-state index in [2.05, 4.69) is 0 Å². The number of carbonyl (C=O) groups is 2. The normalized spacial score (nSPS) is 19.0. The van der Waals surface area contributed by atoms with Crippen LogP contribution in [-0.4, -0.2) is 70.3 Å². The van der Waals surface area contributed by atoms with Gasteiger partial charge in [-0.25, -0.2) is 4.68 Å². The summed E-state index contributed by atoms with van der Waals surface area (Å²) in [5, 5.41) is 6.74. The molecular weight excluding hydrogens is 412 g/mol. The Labute approximate surface area is 184 Å². The van der Waals surface area contributed by atoms with E-state index in [0.29, 0.717) is 38.5 Å². The van der Waals surface area contributed by atoms with Gasteiger partial charge in [0.2, 0.25) is 0 Å². The molecule has 1 atom stereocenters. The van der Waals surface area contributed by atoms with Crippen LogP contribution in [0.15, 0.2) is 53.9 Å². The van der Waals surface area contributed by atoms with E-state index in [0.717, 1.165) is 29.1 Å². The minimum absolute atomic E-state index is 0.0545. The second-order valence-electron chi connectivity index (χ2n) is 7.76. The average Bonchev–Trinajstić information content (AvgIpc) is 3.60. The SMILES string of the molecule is O=C(c1cc(-c2cccs2)nn1-c1ccccc1)N1CCN(C(=O)[C@@H]2CCCO2)CC1. The highest BCUT2D eigenvalue weighted by Crippen LogP contribution is 2.27. The molecule has 0 aliphatic carbocycles. The first-order valence-electron chi connectivity index (χ1n) is 10.6. The number of benzene rings is 1. The zero-order valence-corrected chi connectivity index (χ0v) is 18.0. The Morgan fingerprint density at radius 1 is 1.00 bits per heavy atom. The molecule has 2 fully saturated rings. The standard InChI is InChI=1S/C23H24N4O3S/c28-22(25-10-12-26(13-11-25)23(29)20-8-4-14-30-20)19-16-18(21-9-5-15-31-21)24-27(19)17-6-2-1-3-7-17/h1-3,5-7,9,15-16,20H,4,8,10-14H2/t20-/m0/s1. The first-order chi connectivity index (χ1) is 15.2. The fraction of sp³-hybridized carbons (Fsp3) is 0.348. The number of piperazine rings is 1. The lowest BCUT2D eigenvalue weighted by atomic mass is 10.2. The molecule has 2 amide bonds. The van der Waals surface area contributed by atoms with E-state index in [1.54, 1.807) is 16.0 Å². The molecular formula is C23H24N4O3S. The number of hydrogen-bond acceptors (Lipinski definition) is 5. The molecule has 0 spiro atoms. The molecule has 7 nitrogen and oxygen atoms in total. The number of amides is 2. The highest BCUT2D eigenvalue weighted by atomic mass is 32.1. The third-order valence-corrected chi connectivity index (χ3v) is 6.68. The minimum Gasteiger partial charge on any atom is -0.368 e. The van der Waals surface area contributed by atoms with Crippen LogP contribution in [0.5, 0.6) is 0 Å². The molecule has 0 radical (unpaired) electrons. The number of nitrogens with zero attached hydrogens (tertiary/aromatic N) is 4. The summed E-state index contributed by atoms with van der Waals surface area (Å²) in [4.78, 5) is 30.7. The Kier molecular flexibility index (Phi) is 5.57. The van der Waals surface area contributed by atoms with Crippen LogP contribution < -0.4 is 0 Å².